The molecule has 37 heavy (non-hydrogen) atoms. The average Bonchev–Trinajstić information content (AvgIpc) is 2.88. The smallest absolute Gasteiger partial charge is 0.300 e. The van der Waals surface area contributed by atoms with Gasteiger partial charge < -0.3 is 10.4 Å². The third kappa shape index (κ3) is 21.2. The minimum Gasteiger partial charge on any atom is -0.481 e. The number of benzene rings is 1. The first-order valence-corrected chi connectivity index (χ1v) is 12.3. The van der Waals surface area contributed by atoms with E-state index in [9.17, 15) is 8.78 Å². The van der Waals surface area contributed by atoms with Crippen molar-refractivity contribution in [2.45, 2.75) is 52.9 Å². The van der Waals surface area contributed by atoms with Crippen molar-refractivity contribution < 1.29 is 18.7 Å². The van der Waals surface area contributed by atoms with Gasteiger partial charge in [0.15, 0.2) is 0 Å². The van der Waals surface area contributed by atoms with Gasteiger partial charge >= 0.3 is 0 Å². The van der Waals surface area contributed by atoms with E-state index in [0.717, 1.165) is 18.6 Å². The highest BCUT2D eigenvalue weighted by atomic mass is 19.1. The van der Waals surface area contributed by atoms with Crippen LogP contribution in [0, 0.1) is 28.9 Å². The van der Waals surface area contributed by atoms with Gasteiger partial charge in [-0.25, -0.2) is 8.78 Å². The van der Waals surface area contributed by atoms with E-state index in [2.05, 4.69) is 30.0 Å². The van der Waals surface area contributed by atoms with E-state index in [1.807, 2.05) is 26.0 Å². The molecule has 0 unspecified atom stereocenters. The molecule has 202 valence electrons. The van der Waals surface area contributed by atoms with E-state index in [1.165, 1.54) is 50.3 Å². The molecule has 1 aliphatic carbocycles. The number of halogens is 2. The summed E-state index contributed by atoms with van der Waals surface area (Å²) in [7, 11) is 0. The van der Waals surface area contributed by atoms with Crippen LogP contribution in [0.25, 0.3) is 5.57 Å². The van der Waals surface area contributed by atoms with Crippen LogP contribution >= 0.6 is 0 Å². The first-order valence-electron chi connectivity index (χ1n) is 12.3. The topological polar surface area (TPSA) is 85.5 Å². The summed E-state index contributed by atoms with van der Waals surface area (Å²) in [5, 5.41) is 18.4. The van der Waals surface area contributed by atoms with Gasteiger partial charge in [0.25, 0.3) is 5.97 Å². The first kappa shape index (κ1) is 35.4. The number of hydrogen-bond acceptors (Lipinski definition) is 3. The van der Waals surface area contributed by atoms with Crippen LogP contribution in [0.2, 0.25) is 0 Å². The molecule has 5 nitrogen and oxygen atoms in total. The summed E-state index contributed by atoms with van der Waals surface area (Å²) in [4.78, 5) is 12.9. The number of nitrogens with one attached hydrogen (secondary N) is 1. The highest BCUT2D eigenvalue weighted by Gasteiger charge is 2.14. The zero-order valence-corrected chi connectivity index (χ0v) is 22.4. The third-order valence-corrected chi connectivity index (χ3v) is 4.71. The minimum absolute atomic E-state index is 0.468. The molecular weight excluding hydrogens is 472 g/mol. The van der Waals surface area contributed by atoms with Crippen LogP contribution in [0.4, 0.5) is 8.78 Å². The van der Waals surface area contributed by atoms with Crippen LogP contribution in [-0.2, 0) is 4.79 Å². The summed E-state index contributed by atoms with van der Waals surface area (Å²) in [5.41, 5.74) is 2.15. The molecule has 0 atom stereocenters. The predicted octanol–water partition coefficient (Wildman–Crippen LogP) is 7.66. The van der Waals surface area contributed by atoms with Crippen LogP contribution in [0.5, 0.6) is 0 Å². The van der Waals surface area contributed by atoms with Gasteiger partial charge in [-0.1, -0.05) is 76.1 Å². The van der Waals surface area contributed by atoms with Crippen molar-refractivity contribution in [3.8, 4) is 6.07 Å². The van der Waals surface area contributed by atoms with Gasteiger partial charge in [0.2, 0.25) is 0 Å². The molecule has 1 saturated carbocycles. The number of carboxylic acids is 1. The largest absolute Gasteiger partial charge is 0.481 e. The average molecular weight is 514 g/mol. The van der Waals surface area contributed by atoms with E-state index in [0.29, 0.717) is 30.1 Å². The van der Waals surface area contributed by atoms with E-state index in [1.54, 1.807) is 24.6 Å². The number of carbonyl (C=O) groups is 1. The summed E-state index contributed by atoms with van der Waals surface area (Å²) >= 11 is 0. The maximum absolute atomic E-state index is 13.2. The second kappa shape index (κ2) is 23.9. The number of hydrogen-bond donors (Lipinski definition) is 2. The molecule has 2 N–H and O–H groups in total. The normalized spacial score (nSPS) is 12.8. The van der Waals surface area contributed by atoms with E-state index < -0.39 is 17.6 Å². The molecule has 2 rings (SSSR count). The quantitative estimate of drug-likeness (QED) is 0.0886. The van der Waals surface area contributed by atoms with Crippen LogP contribution in [0.1, 0.15) is 58.4 Å². The van der Waals surface area contributed by atoms with Crippen molar-refractivity contribution in [1.82, 2.24) is 5.32 Å². The fourth-order valence-corrected chi connectivity index (χ4v) is 3.07. The van der Waals surface area contributed by atoms with Crippen molar-refractivity contribution in [3.05, 3.63) is 91.1 Å². The molecule has 0 spiro atoms. The Morgan fingerprint density at radius 3 is 2.24 bits per heavy atom. The number of carboxylic acid groups (broad SMARTS) is 1. The van der Waals surface area contributed by atoms with Gasteiger partial charge in [0.1, 0.15) is 11.6 Å². The molecular formula is C30H41F2N3O2. The highest BCUT2D eigenvalue weighted by Crippen LogP contribution is 2.30. The molecule has 1 aromatic carbocycles. The minimum atomic E-state index is -0.833. The number of nitrogens with zero attached hydrogens (tertiary/aromatic N) is 2. The number of allylic oxidation sites excluding steroid dienone is 5. The molecule has 1 aliphatic rings. The zero-order chi connectivity index (χ0) is 28.5. The standard InChI is InChI=1S/C18H20F2.C8H11N3.C2H4O2.C2H6/c1-13(15-6-4-3-5-7-15)8-9-14(2)16-10-17(19)12-18(20)11-16;1-2-6-10-8-11-7-4-3-5-9;1-2(3)4;1-2/h8-12,15H,1-7H2;2-4,8H,1,6-7H2,(H,10,11);1H3,(H,3,4);1-2H3/b9-8-;4-3+;;. The Hall–Kier alpha value is -3.79. The maximum atomic E-state index is 13.2. The van der Waals surface area contributed by atoms with Crippen molar-refractivity contribution >= 4 is 17.9 Å². The molecule has 0 aromatic heterocycles. The molecule has 1 fully saturated rings. The van der Waals surface area contributed by atoms with Gasteiger partial charge in [0.05, 0.1) is 19.0 Å². The summed E-state index contributed by atoms with van der Waals surface area (Å²) in [5.74, 6) is -1.46. The Morgan fingerprint density at radius 1 is 1.16 bits per heavy atom. The monoisotopic (exact) mass is 513 g/mol. The van der Waals surface area contributed by atoms with Crippen molar-refractivity contribution in [3.63, 3.8) is 0 Å². The molecule has 0 amide bonds. The molecule has 0 aliphatic heterocycles. The second-order valence-corrected chi connectivity index (χ2v) is 7.67. The van der Waals surface area contributed by atoms with Gasteiger partial charge in [-0.2, -0.15) is 5.26 Å². The van der Waals surface area contributed by atoms with Gasteiger partial charge in [-0.05, 0) is 42.0 Å². The van der Waals surface area contributed by atoms with Crippen LogP contribution < -0.4 is 5.32 Å². The number of nitriles is 1. The summed E-state index contributed by atoms with van der Waals surface area (Å²) in [6, 6.07) is 5.32. The molecule has 0 radical (unpaired) electrons. The Morgan fingerprint density at radius 2 is 1.73 bits per heavy atom. The summed E-state index contributed by atoms with van der Waals surface area (Å²) < 4.78 is 26.3. The fourth-order valence-electron chi connectivity index (χ4n) is 3.07. The van der Waals surface area contributed by atoms with Crippen molar-refractivity contribution in [2.75, 3.05) is 13.1 Å². The number of rotatable bonds is 9. The third-order valence-electron chi connectivity index (χ3n) is 4.71. The highest BCUT2D eigenvalue weighted by molar-refractivity contribution is 5.72. The van der Waals surface area contributed by atoms with E-state index in [-0.39, 0.29) is 0 Å². The molecule has 7 heteroatoms. The van der Waals surface area contributed by atoms with Crippen molar-refractivity contribution in [1.29, 1.82) is 5.26 Å². The van der Waals surface area contributed by atoms with Gasteiger partial charge in [-0.3, -0.25) is 9.79 Å². The second-order valence-electron chi connectivity index (χ2n) is 7.67. The van der Waals surface area contributed by atoms with Gasteiger partial charge in [0, 0.05) is 25.6 Å². The first-order chi connectivity index (χ1) is 17.7. The lowest BCUT2D eigenvalue weighted by atomic mass is 9.84. The summed E-state index contributed by atoms with van der Waals surface area (Å²) in [6.45, 7) is 17.8. The van der Waals surface area contributed by atoms with Crippen LogP contribution in [0.3, 0.4) is 0 Å². The number of aliphatic imine (C=N–C) groups is 1. The van der Waals surface area contributed by atoms with Crippen molar-refractivity contribution in [2.24, 2.45) is 10.9 Å². The lowest BCUT2D eigenvalue weighted by Crippen LogP contribution is -2.09. The van der Waals surface area contributed by atoms with Crippen LogP contribution in [-0.4, -0.2) is 30.5 Å². The van der Waals surface area contributed by atoms with Crippen LogP contribution in [0.15, 0.2) is 78.9 Å². The summed E-state index contributed by atoms with van der Waals surface area (Å²) in [6.07, 6.45) is 16.4. The Labute approximate surface area is 221 Å². The lowest BCUT2D eigenvalue weighted by Gasteiger charge is -2.21. The van der Waals surface area contributed by atoms with E-state index >= 15 is 0 Å². The number of aliphatic carboxylic acids is 1. The Kier molecular flexibility index (Phi) is 22.9. The Balaban J connectivity index is 0. The Bertz CT molecular complexity index is 930. The molecule has 0 bridgehead atoms. The molecule has 1 aromatic rings. The SMILES string of the molecule is C=C(/C=C\C(=C)C1CCCCC1)c1cc(F)cc(F)c1.C=CCNC=NC/C=C/C#N.CC.CC(=O)O. The molecule has 0 saturated heterocycles. The molecule has 0 heterocycles. The predicted molar refractivity (Wildman–Crippen MR) is 151 cm³/mol. The van der Waals surface area contributed by atoms with E-state index in [4.69, 9.17) is 15.2 Å². The fraction of sp³-hybridized carbons (Fsp3) is 0.367. The lowest BCUT2D eigenvalue weighted by molar-refractivity contribution is -0.134. The van der Waals surface area contributed by atoms with Gasteiger partial charge in [-0.15, -0.1) is 6.58 Å². The maximum Gasteiger partial charge on any atom is 0.300 e. The zero-order valence-electron chi connectivity index (χ0n) is 22.4.